The number of ether oxygens (including phenoxy) is 2. The van der Waals surface area contributed by atoms with Gasteiger partial charge in [0.05, 0.1) is 14.2 Å². The minimum atomic E-state index is 0.0444. The molecule has 0 aromatic heterocycles. The monoisotopic (exact) mass is 410 g/mol. The van der Waals surface area contributed by atoms with Gasteiger partial charge in [-0.3, -0.25) is 9.69 Å². The van der Waals surface area contributed by atoms with Gasteiger partial charge in [0.2, 0.25) is 5.91 Å². The van der Waals surface area contributed by atoms with Gasteiger partial charge < -0.3 is 14.8 Å². The van der Waals surface area contributed by atoms with Crippen molar-refractivity contribution in [3.05, 3.63) is 59.2 Å². The molecule has 1 fully saturated rings. The van der Waals surface area contributed by atoms with Crippen LogP contribution in [0.4, 0.5) is 0 Å². The van der Waals surface area contributed by atoms with E-state index in [9.17, 15) is 4.79 Å². The van der Waals surface area contributed by atoms with Crippen molar-refractivity contribution in [1.82, 2.24) is 10.2 Å². The number of benzene rings is 2. The van der Waals surface area contributed by atoms with Crippen LogP contribution in [-0.2, 0) is 24.3 Å². The third kappa shape index (κ3) is 6.49. The van der Waals surface area contributed by atoms with E-state index in [1.54, 1.807) is 14.2 Å². The summed E-state index contributed by atoms with van der Waals surface area (Å²) in [5, 5.41) is 3.02. The maximum Gasteiger partial charge on any atom is 0.220 e. The molecule has 1 amide bonds. The molecule has 1 N–H and O–H groups in total. The number of carbonyl (C=O) groups is 1. The average Bonchev–Trinajstić information content (AvgIpc) is 2.78. The maximum absolute atomic E-state index is 12.3. The van der Waals surface area contributed by atoms with Crippen LogP contribution in [0, 0.1) is 0 Å². The Morgan fingerprint density at radius 2 is 1.67 bits per heavy atom. The van der Waals surface area contributed by atoms with E-state index < -0.39 is 0 Å². The Morgan fingerprint density at radius 3 is 2.30 bits per heavy atom. The first kappa shape index (κ1) is 22.2. The Kier molecular flexibility index (Phi) is 8.14. The summed E-state index contributed by atoms with van der Waals surface area (Å²) in [7, 11) is 3.26. The predicted octanol–water partition coefficient (Wildman–Crippen LogP) is 4.33. The number of carbonyl (C=O) groups excluding carboxylic acids is 1. The highest BCUT2D eigenvalue weighted by Crippen LogP contribution is 2.23. The van der Waals surface area contributed by atoms with Crippen LogP contribution in [-0.4, -0.2) is 37.6 Å². The van der Waals surface area contributed by atoms with Crippen molar-refractivity contribution < 1.29 is 14.3 Å². The summed E-state index contributed by atoms with van der Waals surface area (Å²) in [5.74, 6) is 1.52. The molecule has 162 valence electrons. The van der Waals surface area contributed by atoms with Gasteiger partial charge in [0.15, 0.2) is 0 Å². The van der Waals surface area contributed by atoms with E-state index in [4.69, 9.17) is 9.47 Å². The zero-order valence-electron chi connectivity index (χ0n) is 18.4. The molecule has 1 aliphatic heterocycles. The molecule has 1 atom stereocenters. The van der Waals surface area contributed by atoms with E-state index in [0.717, 1.165) is 29.2 Å². The highest BCUT2D eigenvalue weighted by atomic mass is 16.5. The second kappa shape index (κ2) is 11.0. The van der Waals surface area contributed by atoms with Crippen molar-refractivity contribution in [1.29, 1.82) is 0 Å². The third-order valence-corrected chi connectivity index (χ3v) is 5.89. The molecule has 0 aliphatic carbocycles. The van der Waals surface area contributed by atoms with Gasteiger partial charge in [0.25, 0.3) is 0 Å². The topological polar surface area (TPSA) is 50.8 Å². The summed E-state index contributed by atoms with van der Waals surface area (Å²) in [6.45, 7) is 5.08. The lowest BCUT2D eigenvalue weighted by molar-refractivity contribution is -0.121. The molecule has 2 aromatic rings. The molecule has 3 rings (SSSR count). The number of nitrogens with one attached hydrogen (secondary N) is 1. The van der Waals surface area contributed by atoms with Crippen molar-refractivity contribution >= 4 is 5.91 Å². The fourth-order valence-electron chi connectivity index (χ4n) is 3.95. The van der Waals surface area contributed by atoms with Crippen LogP contribution in [0.5, 0.6) is 11.5 Å². The van der Waals surface area contributed by atoms with Crippen molar-refractivity contribution in [2.75, 3.05) is 20.8 Å². The molecule has 1 saturated heterocycles. The molecule has 1 heterocycles. The first-order chi connectivity index (χ1) is 14.6. The summed E-state index contributed by atoms with van der Waals surface area (Å²) in [6, 6.07) is 15.0. The molecular weight excluding hydrogens is 376 g/mol. The summed E-state index contributed by atoms with van der Waals surface area (Å²) in [4.78, 5) is 14.8. The minimum Gasteiger partial charge on any atom is -0.497 e. The highest BCUT2D eigenvalue weighted by Gasteiger charge is 2.17. The molecule has 1 unspecified atom stereocenters. The van der Waals surface area contributed by atoms with Crippen molar-refractivity contribution in [2.45, 2.75) is 58.2 Å². The van der Waals surface area contributed by atoms with Crippen LogP contribution in [0.25, 0.3) is 0 Å². The number of aryl methyl sites for hydroxylation is 1. The summed E-state index contributed by atoms with van der Waals surface area (Å²) in [6.07, 6.45) is 5.03. The maximum atomic E-state index is 12.3. The third-order valence-electron chi connectivity index (χ3n) is 5.89. The molecule has 1 aliphatic rings. The van der Waals surface area contributed by atoms with Crippen molar-refractivity contribution in [3.63, 3.8) is 0 Å². The molecule has 2 aromatic carbocycles. The summed E-state index contributed by atoms with van der Waals surface area (Å²) < 4.78 is 10.6. The van der Waals surface area contributed by atoms with Gasteiger partial charge >= 0.3 is 0 Å². The number of nitrogens with zero attached hydrogens (tertiary/aromatic N) is 1. The molecule has 5 heteroatoms. The van der Waals surface area contributed by atoms with E-state index in [-0.39, 0.29) is 5.91 Å². The van der Waals surface area contributed by atoms with E-state index in [2.05, 4.69) is 41.4 Å². The fraction of sp³-hybridized carbons (Fsp3) is 0.480. The minimum absolute atomic E-state index is 0.0444. The standard InChI is InChI=1S/C25H34N2O3/c1-19-6-4-5-13-27(19)18-21-9-7-20(8-10-21)17-26-25(28)12-11-22-14-23(29-2)16-24(15-22)30-3/h7-10,14-16,19H,4-6,11-13,17-18H2,1-3H3,(H,26,28). The van der Waals surface area contributed by atoms with Gasteiger partial charge in [-0.1, -0.05) is 30.7 Å². The van der Waals surface area contributed by atoms with Crippen LogP contribution in [0.3, 0.4) is 0 Å². The number of likely N-dealkylation sites (tertiary alicyclic amines) is 1. The smallest absolute Gasteiger partial charge is 0.220 e. The number of rotatable bonds is 9. The Labute approximate surface area is 180 Å². The van der Waals surface area contributed by atoms with Crippen LogP contribution in [0.2, 0.25) is 0 Å². The Bertz CT molecular complexity index is 797. The lowest BCUT2D eigenvalue weighted by atomic mass is 10.0. The summed E-state index contributed by atoms with van der Waals surface area (Å²) in [5.41, 5.74) is 3.49. The number of hydrogen-bond acceptors (Lipinski definition) is 4. The molecular formula is C25H34N2O3. The second-order valence-corrected chi connectivity index (χ2v) is 8.13. The second-order valence-electron chi connectivity index (χ2n) is 8.13. The molecule has 0 radical (unpaired) electrons. The zero-order chi connectivity index (χ0) is 21.3. The zero-order valence-corrected chi connectivity index (χ0v) is 18.4. The number of piperidine rings is 1. The lowest BCUT2D eigenvalue weighted by Gasteiger charge is -2.33. The van der Waals surface area contributed by atoms with Crippen LogP contribution >= 0.6 is 0 Å². The Hall–Kier alpha value is -2.53. The lowest BCUT2D eigenvalue weighted by Crippen LogP contribution is -2.36. The molecule has 0 spiro atoms. The number of hydrogen-bond donors (Lipinski definition) is 1. The molecule has 5 nitrogen and oxygen atoms in total. The number of amides is 1. The molecule has 0 saturated carbocycles. The van der Waals surface area contributed by atoms with Gasteiger partial charge in [0.1, 0.15) is 11.5 Å². The van der Waals surface area contributed by atoms with Gasteiger partial charge in [-0.25, -0.2) is 0 Å². The number of methoxy groups -OCH3 is 2. The van der Waals surface area contributed by atoms with E-state index >= 15 is 0 Å². The fourth-order valence-corrected chi connectivity index (χ4v) is 3.95. The van der Waals surface area contributed by atoms with Gasteiger partial charge in [-0.05, 0) is 61.6 Å². The normalized spacial score (nSPS) is 16.8. The first-order valence-corrected chi connectivity index (χ1v) is 10.9. The molecule has 30 heavy (non-hydrogen) atoms. The molecule has 0 bridgehead atoms. The van der Waals surface area contributed by atoms with Crippen molar-refractivity contribution in [3.8, 4) is 11.5 Å². The Morgan fingerprint density at radius 1 is 1.00 bits per heavy atom. The highest BCUT2D eigenvalue weighted by molar-refractivity contribution is 5.76. The van der Waals surface area contributed by atoms with Crippen LogP contribution in [0.1, 0.15) is 49.3 Å². The largest absolute Gasteiger partial charge is 0.497 e. The van der Waals surface area contributed by atoms with E-state index in [1.807, 2.05) is 18.2 Å². The quantitative estimate of drug-likeness (QED) is 0.669. The van der Waals surface area contributed by atoms with E-state index in [0.29, 0.717) is 25.4 Å². The first-order valence-electron chi connectivity index (χ1n) is 10.9. The van der Waals surface area contributed by atoms with Crippen LogP contribution in [0.15, 0.2) is 42.5 Å². The van der Waals surface area contributed by atoms with Gasteiger partial charge in [-0.2, -0.15) is 0 Å². The summed E-state index contributed by atoms with van der Waals surface area (Å²) >= 11 is 0. The average molecular weight is 411 g/mol. The SMILES string of the molecule is COc1cc(CCC(=O)NCc2ccc(CN3CCCCC3C)cc2)cc(OC)c1. The predicted molar refractivity (Wildman–Crippen MR) is 120 cm³/mol. The van der Waals surface area contributed by atoms with Crippen molar-refractivity contribution in [2.24, 2.45) is 0 Å². The van der Waals surface area contributed by atoms with E-state index in [1.165, 1.54) is 31.4 Å². The van der Waals surface area contributed by atoms with Gasteiger partial charge in [0, 0.05) is 31.6 Å². The van der Waals surface area contributed by atoms with Gasteiger partial charge in [-0.15, -0.1) is 0 Å². The Balaban J connectivity index is 1.44. The van der Waals surface area contributed by atoms with Crippen LogP contribution < -0.4 is 14.8 Å².